The number of aromatic nitrogens is 3. The zero-order valence-electron chi connectivity index (χ0n) is 16.6. The highest BCUT2D eigenvalue weighted by Gasteiger charge is 2.22. The Labute approximate surface area is 165 Å². The number of carbonyl (C=O) groups is 1. The first-order chi connectivity index (χ1) is 13.4. The third kappa shape index (κ3) is 5.74. The van der Waals surface area contributed by atoms with Gasteiger partial charge in [-0.05, 0) is 29.5 Å². The standard InChI is InChI=1S/C22H26N4O2/c1-22(2,3)14-18(16-8-5-4-6-9-16)24-19(27)11-12-20-25-21(26-28-20)17-10-7-13-23-15-17/h4-10,13,15,18H,11-12,14H2,1-3H3,(H,24,27). The van der Waals surface area contributed by atoms with E-state index in [4.69, 9.17) is 4.52 Å². The minimum Gasteiger partial charge on any atom is -0.349 e. The van der Waals surface area contributed by atoms with Gasteiger partial charge in [0.25, 0.3) is 0 Å². The van der Waals surface area contributed by atoms with Crippen LogP contribution in [-0.2, 0) is 11.2 Å². The van der Waals surface area contributed by atoms with Gasteiger partial charge < -0.3 is 9.84 Å². The van der Waals surface area contributed by atoms with Gasteiger partial charge in [0.05, 0.1) is 6.04 Å². The van der Waals surface area contributed by atoms with E-state index >= 15 is 0 Å². The molecule has 0 saturated heterocycles. The Bertz CT molecular complexity index is 886. The molecule has 0 saturated carbocycles. The molecule has 0 spiro atoms. The fourth-order valence-corrected chi connectivity index (χ4v) is 3.01. The van der Waals surface area contributed by atoms with E-state index in [2.05, 4.69) is 53.3 Å². The van der Waals surface area contributed by atoms with E-state index in [9.17, 15) is 4.79 Å². The van der Waals surface area contributed by atoms with Gasteiger partial charge in [-0.15, -0.1) is 0 Å². The number of nitrogens with one attached hydrogen (secondary N) is 1. The first-order valence-electron chi connectivity index (χ1n) is 9.48. The van der Waals surface area contributed by atoms with Crippen LogP contribution in [0.25, 0.3) is 11.4 Å². The predicted molar refractivity (Wildman–Crippen MR) is 107 cm³/mol. The molecule has 6 heteroatoms. The average Bonchev–Trinajstić information content (AvgIpc) is 3.15. The molecule has 1 aromatic carbocycles. The van der Waals surface area contributed by atoms with Gasteiger partial charge in [-0.25, -0.2) is 0 Å². The minimum absolute atomic E-state index is 0.0256. The molecule has 2 heterocycles. The van der Waals surface area contributed by atoms with E-state index in [1.54, 1.807) is 12.4 Å². The van der Waals surface area contributed by atoms with Gasteiger partial charge in [0, 0.05) is 30.8 Å². The Morgan fingerprint density at radius 1 is 1.14 bits per heavy atom. The Morgan fingerprint density at radius 3 is 2.61 bits per heavy atom. The first kappa shape index (κ1) is 19.7. The van der Waals surface area contributed by atoms with Crippen molar-refractivity contribution in [2.24, 2.45) is 5.41 Å². The molecule has 0 radical (unpaired) electrons. The van der Waals surface area contributed by atoms with Gasteiger partial charge in [-0.3, -0.25) is 9.78 Å². The van der Waals surface area contributed by atoms with Crippen molar-refractivity contribution in [3.05, 3.63) is 66.3 Å². The van der Waals surface area contributed by atoms with Crippen molar-refractivity contribution in [3.8, 4) is 11.4 Å². The van der Waals surface area contributed by atoms with E-state index < -0.39 is 0 Å². The van der Waals surface area contributed by atoms with Crippen molar-refractivity contribution in [1.29, 1.82) is 0 Å². The van der Waals surface area contributed by atoms with Crippen LogP contribution in [0, 0.1) is 5.41 Å². The van der Waals surface area contributed by atoms with Crippen molar-refractivity contribution < 1.29 is 9.32 Å². The SMILES string of the molecule is CC(C)(C)CC(NC(=O)CCc1nc(-c2cccnc2)no1)c1ccccc1. The second-order valence-electron chi connectivity index (χ2n) is 8.05. The third-order valence-electron chi connectivity index (χ3n) is 4.31. The van der Waals surface area contributed by atoms with Crippen LogP contribution in [0.3, 0.4) is 0 Å². The van der Waals surface area contributed by atoms with Crippen LogP contribution in [0.15, 0.2) is 59.4 Å². The summed E-state index contributed by atoms with van der Waals surface area (Å²) in [4.78, 5) is 21.0. The first-order valence-corrected chi connectivity index (χ1v) is 9.48. The van der Waals surface area contributed by atoms with Crippen molar-refractivity contribution in [3.63, 3.8) is 0 Å². The molecule has 1 N–H and O–H groups in total. The van der Waals surface area contributed by atoms with Gasteiger partial charge in [0.15, 0.2) is 0 Å². The highest BCUT2D eigenvalue weighted by atomic mass is 16.5. The summed E-state index contributed by atoms with van der Waals surface area (Å²) in [5, 5.41) is 7.12. The zero-order chi connectivity index (χ0) is 20.0. The van der Waals surface area contributed by atoms with Crippen molar-refractivity contribution >= 4 is 5.91 Å². The molecule has 3 rings (SSSR count). The molecule has 0 fully saturated rings. The maximum absolute atomic E-state index is 12.6. The van der Waals surface area contributed by atoms with E-state index in [1.807, 2.05) is 30.3 Å². The molecular formula is C22H26N4O2. The molecule has 0 bridgehead atoms. The van der Waals surface area contributed by atoms with Crippen LogP contribution in [0.2, 0.25) is 0 Å². The fraction of sp³-hybridized carbons (Fsp3) is 0.364. The summed E-state index contributed by atoms with van der Waals surface area (Å²) < 4.78 is 5.27. The third-order valence-corrected chi connectivity index (χ3v) is 4.31. The molecule has 0 aliphatic rings. The average molecular weight is 378 g/mol. The largest absolute Gasteiger partial charge is 0.349 e. The quantitative estimate of drug-likeness (QED) is 0.661. The smallest absolute Gasteiger partial charge is 0.227 e. The monoisotopic (exact) mass is 378 g/mol. The molecule has 0 aliphatic heterocycles. The number of carbonyl (C=O) groups excluding carboxylic acids is 1. The molecule has 0 aliphatic carbocycles. The Balaban J connectivity index is 1.60. The predicted octanol–water partition coefficient (Wildman–Crippen LogP) is 4.36. The minimum atomic E-state index is -0.0285. The fourth-order valence-electron chi connectivity index (χ4n) is 3.01. The van der Waals surface area contributed by atoms with Crippen LogP contribution in [0.4, 0.5) is 0 Å². The summed E-state index contributed by atoms with van der Waals surface area (Å²) in [6.07, 6.45) is 4.92. The van der Waals surface area contributed by atoms with Gasteiger partial charge in [-0.1, -0.05) is 56.3 Å². The van der Waals surface area contributed by atoms with Crippen molar-refractivity contribution in [1.82, 2.24) is 20.4 Å². The zero-order valence-corrected chi connectivity index (χ0v) is 16.6. The van der Waals surface area contributed by atoms with Crippen LogP contribution < -0.4 is 5.32 Å². The molecule has 6 nitrogen and oxygen atoms in total. The van der Waals surface area contributed by atoms with Gasteiger partial charge in [-0.2, -0.15) is 4.98 Å². The molecular weight excluding hydrogens is 352 g/mol. The lowest BCUT2D eigenvalue weighted by molar-refractivity contribution is -0.122. The van der Waals surface area contributed by atoms with E-state index in [-0.39, 0.29) is 17.4 Å². The number of rotatable bonds is 7. The Morgan fingerprint density at radius 2 is 1.93 bits per heavy atom. The molecule has 1 unspecified atom stereocenters. The number of benzene rings is 1. The summed E-state index contributed by atoms with van der Waals surface area (Å²) in [6, 6.07) is 13.7. The second-order valence-corrected chi connectivity index (χ2v) is 8.05. The van der Waals surface area contributed by atoms with Gasteiger partial charge in [0.2, 0.25) is 17.6 Å². The van der Waals surface area contributed by atoms with Crippen molar-refractivity contribution in [2.45, 2.75) is 46.1 Å². The molecule has 3 aromatic rings. The van der Waals surface area contributed by atoms with Gasteiger partial charge >= 0.3 is 0 Å². The lowest BCUT2D eigenvalue weighted by atomic mass is 9.85. The summed E-state index contributed by atoms with van der Waals surface area (Å²) in [6.45, 7) is 6.52. The van der Waals surface area contributed by atoms with Crippen LogP contribution in [0.1, 0.15) is 51.1 Å². The molecule has 28 heavy (non-hydrogen) atoms. The topological polar surface area (TPSA) is 80.9 Å². The van der Waals surface area contributed by atoms with E-state index in [1.165, 1.54) is 0 Å². The van der Waals surface area contributed by atoms with Crippen LogP contribution in [0.5, 0.6) is 0 Å². The number of hydrogen-bond donors (Lipinski definition) is 1. The Kier molecular flexibility index (Phi) is 6.19. The summed E-state index contributed by atoms with van der Waals surface area (Å²) >= 11 is 0. The molecule has 1 amide bonds. The lowest BCUT2D eigenvalue weighted by Crippen LogP contribution is -2.31. The highest BCUT2D eigenvalue weighted by Crippen LogP contribution is 2.29. The number of hydrogen-bond acceptors (Lipinski definition) is 5. The van der Waals surface area contributed by atoms with E-state index in [0.717, 1.165) is 17.5 Å². The highest BCUT2D eigenvalue weighted by molar-refractivity contribution is 5.76. The van der Waals surface area contributed by atoms with Crippen molar-refractivity contribution in [2.75, 3.05) is 0 Å². The maximum Gasteiger partial charge on any atom is 0.227 e. The number of pyridine rings is 1. The second kappa shape index (κ2) is 8.78. The summed E-state index contributed by atoms with van der Waals surface area (Å²) in [7, 11) is 0. The molecule has 146 valence electrons. The molecule has 2 aromatic heterocycles. The van der Waals surface area contributed by atoms with E-state index in [0.29, 0.717) is 24.6 Å². The normalized spacial score (nSPS) is 12.5. The number of nitrogens with zero attached hydrogens (tertiary/aromatic N) is 3. The summed E-state index contributed by atoms with van der Waals surface area (Å²) in [5.74, 6) is 0.902. The number of aryl methyl sites for hydroxylation is 1. The lowest BCUT2D eigenvalue weighted by Gasteiger charge is -2.27. The van der Waals surface area contributed by atoms with Crippen LogP contribution >= 0.6 is 0 Å². The Hall–Kier alpha value is -3.02. The summed E-state index contributed by atoms with van der Waals surface area (Å²) in [5.41, 5.74) is 2.00. The molecule has 1 atom stereocenters. The maximum atomic E-state index is 12.6. The van der Waals surface area contributed by atoms with Gasteiger partial charge in [0.1, 0.15) is 0 Å². The number of amides is 1. The van der Waals surface area contributed by atoms with Crippen LogP contribution in [-0.4, -0.2) is 21.0 Å².